The van der Waals surface area contributed by atoms with Gasteiger partial charge < -0.3 is 4.98 Å². The SMILES string of the molecule is CC(/C=N/Nc1nnc2c(n1)[nH]c1ccccc12)=C\c1ccccc1. The Hall–Kier alpha value is -3.54. The van der Waals surface area contributed by atoms with Crippen molar-refractivity contribution in [1.82, 2.24) is 20.2 Å². The first-order valence-corrected chi connectivity index (χ1v) is 7.93. The van der Waals surface area contributed by atoms with Gasteiger partial charge in [-0.1, -0.05) is 54.6 Å². The zero-order chi connectivity index (χ0) is 17.1. The number of nitrogens with zero attached hydrogens (tertiary/aromatic N) is 4. The van der Waals surface area contributed by atoms with Gasteiger partial charge in [0, 0.05) is 10.9 Å². The lowest BCUT2D eigenvalue weighted by atomic mass is 10.1. The second-order valence-corrected chi connectivity index (χ2v) is 5.67. The molecule has 2 aromatic heterocycles. The number of hydrogen-bond acceptors (Lipinski definition) is 5. The first-order chi connectivity index (χ1) is 12.3. The van der Waals surface area contributed by atoms with E-state index >= 15 is 0 Å². The van der Waals surface area contributed by atoms with E-state index in [1.807, 2.05) is 67.6 Å². The van der Waals surface area contributed by atoms with E-state index in [4.69, 9.17) is 0 Å². The Morgan fingerprint density at radius 3 is 2.72 bits per heavy atom. The Balaban J connectivity index is 1.52. The largest absolute Gasteiger partial charge is 0.338 e. The number of anilines is 1. The molecule has 6 nitrogen and oxygen atoms in total. The van der Waals surface area contributed by atoms with Gasteiger partial charge in [0.05, 0.1) is 6.21 Å². The monoisotopic (exact) mass is 328 g/mol. The van der Waals surface area contributed by atoms with Crippen molar-refractivity contribution >= 4 is 40.3 Å². The summed E-state index contributed by atoms with van der Waals surface area (Å²) in [6.07, 6.45) is 3.77. The van der Waals surface area contributed by atoms with Crippen LogP contribution in [-0.2, 0) is 0 Å². The fourth-order valence-electron chi connectivity index (χ4n) is 2.61. The van der Waals surface area contributed by atoms with Crippen LogP contribution in [0.2, 0.25) is 0 Å². The molecule has 0 atom stereocenters. The maximum Gasteiger partial charge on any atom is 0.265 e. The van der Waals surface area contributed by atoms with Crippen LogP contribution < -0.4 is 5.43 Å². The smallest absolute Gasteiger partial charge is 0.265 e. The molecule has 0 aliphatic carbocycles. The molecular formula is C19H16N6. The summed E-state index contributed by atoms with van der Waals surface area (Å²) < 4.78 is 0. The number of hydrazone groups is 1. The molecule has 0 amide bonds. The van der Waals surface area contributed by atoms with E-state index in [0.717, 1.165) is 27.6 Å². The molecule has 0 saturated carbocycles. The van der Waals surface area contributed by atoms with Crippen LogP contribution in [0.1, 0.15) is 12.5 Å². The second-order valence-electron chi connectivity index (χ2n) is 5.67. The van der Waals surface area contributed by atoms with E-state index in [1.165, 1.54) is 0 Å². The number of aromatic nitrogens is 4. The molecule has 4 aromatic rings. The Kier molecular flexibility index (Phi) is 3.92. The molecule has 0 aliphatic heterocycles. The van der Waals surface area contributed by atoms with Gasteiger partial charge in [-0.05, 0) is 24.1 Å². The molecule has 0 bridgehead atoms. The summed E-state index contributed by atoms with van der Waals surface area (Å²) in [5.74, 6) is 0.350. The lowest BCUT2D eigenvalue weighted by molar-refractivity contribution is 1.01. The van der Waals surface area contributed by atoms with Crippen LogP contribution in [-0.4, -0.2) is 26.4 Å². The summed E-state index contributed by atoms with van der Waals surface area (Å²) in [6.45, 7) is 1.98. The van der Waals surface area contributed by atoms with Crippen molar-refractivity contribution in [2.24, 2.45) is 5.10 Å². The molecular weight excluding hydrogens is 312 g/mol. The van der Waals surface area contributed by atoms with Gasteiger partial charge in [0.25, 0.3) is 5.95 Å². The zero-order valence-corrected chi connectivity index (χ0v) is 13.6. The molecule has 0 aliphatic rings. The van der Waals surface area contributed by atoms with Crippen LogP contribution >= 0.6 is 0 Å². The predicted octanol–water partition coefficient (Wildman–Crippen LogP) is 4.01. The molecule has 0 fully saturated rings. The molecule has 0 saturated heterocycles. The van der Waals surface area contributed by atoms with Gasteiger partial charge in [-0.25, -0.2) is 5.43 Å². The summed E-state index contributed by atoms with van der Waals surface area (Å²) >= 11 is 0. The minimum absolute atomic E-state index is 0.350. The molecule has 4 rings (SSSR count). The minimum Gasteiger partial charge on any atom is -0.338 e. The average Bonchev–Trinajstić information content (AvgIpc) is 3.00. The fourth-order valence-corrected chi connectivity index (χ4v) is 2.61. The summed E-state index contributed by atoms with van der Waals surface area (Å²) in [6, 6.07) is 18.0. The van der Waals surface area contributed by atoms with Gasteiger partial charge in [0.2, 0.25) is 0 Å². The van der Waals surface area contributed by atoms with Crippen molar-refractivity contribution < 1.29 is 0 Å². The normalized spacial score (nSPS) is 12.3. The van der Waals surface area contributed by atoms with E-state index in [0.29, 0.717) is 11.6 Å². The summed E-state index contributed by atoms with van der Waals surface area (Å²) in [4.78, 5) is 7.65. The molecule has 25 heavy (non-hydrogen) atoms. The number of nitrogens with one attached hydrogen (secondary N) is 2. The summed E-state index contributed by atoms with van der Waals surface area (Å²) in [5, 5.41) is 13.5. The Morgan fingerprint density at radius 1 is 1.04 bits per heavy atom. The van der Waals surface area contributed by atoms with Crippen molar-refractivity contribution in [1.29, 1.82) is 0 Å². The Bertz CT molecular complexity index is 1080. The van der Waals surface area contributed by atoms with E-state index in [1.54, 1.807) is 6.21 Å². The number of H-pyrrole nitrogens is 1. The predicted molar refractivity (Wildman–Crippen MR) is 101 cm³/mol. The van der Waals surface area contributed by atoms with Crippen LogP contribution in [0.15, 0.2) is 65.3 Å². The molecule has 6 heteroatoms. The van der Waals surface area contributed by atoms with Gasteiger partial charge in [-0.15, -0.1) is 10.2 Å². The van der Waals surface area contributed by atoms with Crippen molar-refractivity contribution in [2.75, 3.05) is 5.43 Å². The third-order valence-electron chi connectivity index (χ3n) is 3.75. The molecule has 2 aromatic carbocycles. The van der Waals surface area contributed by atoms with Crippen LogP contribution in [0.3, 0.4) is 0 Å². The van der Waals surface area contributed by atoms with Gasteiger partial charge in [-0.3, -0.25) is 0 Å². The topological polar surface area (TPSA) is 78.8 Å². The average molecular weight is 328 g/mol. The minimum atomic E-state index is 0.350. The maximum atomic E-state index is 4.42. The standard InChI is InChI=1S/C19H16N6/c1-13(11-14-7-3-2-4-8-14)12-20-24-19-22-18-17(23-25-19)15-9-5-6-10-16(15)21-18/h2-12H,1H3,(H2,21,22,24,25)/b13-11+,20-12+. The van der Waals surface area contributed by atoms with Crippen LogP contribution in [0.25, 0.3) is 28.1 Å². The third kappa shape index (κ3) is 3.23. The zero-order valence-electron chi connectivity index (χ0n) is 13.6. The van der Waals surface area contributed by atoms with Gasteiger partial charge >= 0.3 is 0 Å². The van der Waals surface area contributed by atoms with E-state index < -0.39 is 0 Å². The maximum absolute atomic E-state index is 4.42. The highest BCUT2D eigenvalue weighted by Gasteiger charge is 2.07. The molecule has 0 unspecified atom stereocenters. The van der Waals surface area contributed by atoms with E-state index in [-0.39, 0.29) is 0 Å². The van der Waals surface area contributed by atoms with Crippen molar-refractivity contribution in [3.05, 3.63) is 65.7 Å². The number of benzene rings is 2. The van der Waals surface area contributed by atoms with E-state index in [9.17, 15) is 0 Å². The number of aromatic amines is 1. The van der Waals surface area contributed by atoms with Crippen molar-refractivity contribution in [3.8, 4) is 0 Å². The second kappa shape index (κ2) is 6.52. The van der Waals surface area contributed by atoms with Crippen molar-refractivity contribution in [3.63, 3.8) is 0 Å². The molecule has 2 heterocycles. The fraction of sp³-hybridized carbons (Fsp3) is 0.0526. The first kappa shape index (κ1) is 15.0. The Morgan fingerprint density at radius 2 is 1.84 bits per heavy atom. The molecule has 122 valence electrons. The number of hydrogen-bond donors (Lipinski definition) is 2. The number of fused-ring (bicyclic) bond motifs is 3. The quantitative estimate of drug-likeness (QED) is 0.438. The number of allylic oxidation sites excluding steroid dienone is 1. The summed E-state index contributed by atoms with van der Waals surface area (Å²) in [7, 11) is 0. The van der Waals surface area contributed by atoms with Gasteiger partial charge in [-0.2, -0.15) is 10.1 Å². The van der Waals surface area contributed by atoms with Gasteiger partial charge in [0.1, 0.15) is 5.52 Å². The Labute approximate surface area is 144 Å². The lowest BCUT2D eigenvalue weighted by Gasteiger charge is -1.98. The third-order valence-corrected chi connectivity index (χ3v) is 3.75. The highest BCUT2D eigenvalue weighted by atomic mass is 15.4. The molecule has 0 spiro atoms. The van der Waals surface area contributed by atoms with Crippen molar-refractivity contribution in [2.45, 2.75) is 6.92 Å². The van der Waals surface area contributed by atoms with Crippen LogP contribution in [0.5, 0.6) is 0 Å². The lowest BCUT2D eigenvalue weighted by Crippen LogP contribution is -1.98. The number of rotatable bonds is 4. The van der Waals surface area contributed by atoms with Gasteiger partial charge in [0.15, 0.2) is 5.65 Å². The highest BCUT2D eigenvalue weighted by molar-refractivity contribution is 6.03. The van der Waals surface area contributed by atoms with Crippen LogP contribution in [0.4, 0.5) is 5.95 Å². The molecule has 0 radical (unpaired) electrons. The summed E-state index contributed by atoms with van der Waals surface area (Å²) in [5.41, 5.74) is 7.39. The number of para-hydroxylation sites is 1. The van der Waals surface area contributed by atoms with E-state index in [2.05, 4.69) is 30.7 Å². The van der Waals surface area contributed by atoms with Crippen LogP contribution in [0, 0.1) is 0 Å². The molecule has 2 N–H and O–H groups in total. The highest BCUT2D eigenvalue weighted by Crippen LogP contribution is 2.21. The first-order valence-electron chi connectivity index (χ1n) is 7.93.